The average molecular weight is 430 g/mol. The molecule has 1 aliphatic heterocycles. The lowest BCUT2D eigenvalue weighted by molar-refractivity contribution is -0.134. The lowest BCUT2D eigenvalue weighted by atomic mass is 10.2. The van der Waals surface area contributed by atoms with Crippen molar-refractivity contribution in [3.63, 3.8) is 0 Å². The predicted molar refractivity (Wildman–Crippen MR) is 117 cm³/mol. The van der Waals surface area contributed by atoms with Crippen LogP contribution < -0.4 is 5.32 Å². The summed E-state index contributed by atoms with van der Waals surface area (Å²) in [5.41, 5.74) is 4.05. The van der Waals surface area contributed by atoms with Gasteiger partial charge >= 0.3 is 0 Å². The lowest BCUT2D eigenvalue weighted by Gasteiger charge is -2.29. The summed E-state index contributed by atoms with van der Waals surface area (Å²) in [5, 5.41) is 2.67. The van der Waals surface area contributed by atoms with Crippen LogP contribution in [0.3, 0.4) is 0 Å². The molecule has 2 amide bonds. The summed E-state index contributed by atoms with van der Waals surface area (Å²) < 4.78 is 25.1. The molecule has 1 aromatic heterocycles. The molecule has 8 heteroatoms. The summed E-state index contributed by atoms with van der Waals surface area (Å²) in [4.78, 5) is 26.3. The Hall–Kier alpha value is -2.87. The summed E-state index contributed by atoms with van der Waals surface area (Å²) >= 11 is 0. The molecule has 0 spiro atoms. The molecule has 1 saturated heterocycles. The quantitative estimate of drug-likeness (QED) is 0.735. The van der Waals surface area contributed by atoms with E-state index in [0.29, 0.717) is 0 Å². The molecule has 1 unspecified atom stereocenters. The minimum atomic E-state index is -3.06. The molecule has 1 aromatic carbocycles. The van der Waals surface area contributed by atoms with Crippen molar-refractivity contribution in [2.75, 3.05) is 24.6 Å². The molecule has 30 heavy (non-hydrogen) atoms. The third-order valence-corrected chi connectivity index (χ3v) is 6.89. The first kappa shape index (κ1) is 21.8. The van der Waals surface area contributed by atoms with Crippen LogP contribution >= 0.6 is 0 Å². The van der Waals surface area contributed by atoms with Gasteiger partial charge in [0.15, 0.2) is 9.84 Å². The number of hydrogen-bond acceptors (Lipinski definition) is 4. The zero-order valence-electron chi connectivity index (χ0n) is 17.5. The number of benzene rings is 1. The number of carbonyl (C=O) groups is 2. The van der Waals surface area contributed by atoms with Crippen molar-refractivity contribution in [3.05, 3.63) is 59.4 Å². The summed E-state index contributed by atoms with van der Waals surface area (Å²) in [5.74, 6) is -0.703. The maximum atomic E-state index is 12.5. The van der Waals surface area contributed by atoms with Crippen LogP contribution in [-0.4, -0.2) is 60.3 Å². The van der Waals surface area contributed by atoms with Gasteiger partial charge in [-0.05, 0) is 50.6 Å². The number of aryl methyl sites for hydroxylation is 1. The second kappa shape index (κ2) is 8.87. The number of aromatic nitrogens is 1. The molecular formula is C22H27N3O4S. The standard InChI is InChI=1S/C22H27N3O4S/c1-16-15-19(18(3)25(16)20-7-5-4-6-8-20)9-10-21(26)23-17(2)22(27)24-11-13-30(28,29)14-12-24/h4-10,15,17H,11-14H2,1-3H3,(H,23,26). The molecule has 0 aliphatic carbocycles. The Balaban J connectivity index is 1.63. The molecule has 1 aliphatic rings. The third-order valence-electron chi connectivity index (χ3n) is 5.28. The van der Waals surface area contributed by atoms with E-state index in [0.717, 1.165) is 22.6 Å². The Morgan fingerprint density at radius 1 is 1.10 bits per heavy atom. The van der Waals surface area contributed by atoms with Crippen LogP contribution in [-0.2, 0) is 19.4 Å². The van der Waals surface area contributed by atoms with Crippen molar-refractivity contribution in [1.29, 1.82) is 0 Å². The molecular weight excluding hydrogens is 402 g/mol. The van der Waals surface area contributed by atoms with Gasteiger partial charge < -0.3 is 14.8 Å². The molecule has 160 valence electrons. The smallest absolute Gasteiger partial charge is 0.244 e. The van der Waals surface area contributed by atoms with E-state index >= 15 is 0 Å². The first-order chi connectivity index (χ1) is 14.2. The Morgan fingerprint density at radius 2 is 1.73 bits per heavy atom. The normalized spacial score (nSPS) is 17.1. The molecule has 2 heterocycles. The third kappa shape index (κ3) is 4.99. The van der Waals surface area contributed by atoms with E-state index in [1.807, 2.05) is 50.2 Å². The number of amides is 2. The van der Waals surface area contributed by atoms with Crippen molar-refractivity contribution in [3.8, 4) is 5.69 Å². The van der Waals surface area contributed by atoms with Crippen molar-refractivity contribution >= 4 is 27.7 Å². The number of carbonyl (C=O) groups excluding carboxylic acids is 2. The monoisotopic (exact) mass is 429 g/mol. The van der Waals surface area contributed by atoms with Crippen LogP contribution in [0, 0.1) is 13.8 Å². The first-order valence-corrected chi connectivity index (χ1v) is 11.7. The minimum Gasteiger partial charge on any atom is -0.341 e. The number of rotatable bonds is 5. The number of nitrogens with one attached hydrogen (secondary N) is 1. The maximum Gasteiger partial charge on any atom is 0.244 e. The van der Waals surface area contributed by atoms with Gasteiger partial charge in [-0.15, -0.1) is 0 Å². The fourth-order valence-corrected chi connectivity index (χ4v) is 4.83. The zero-order valence-corrected chi connectivity index (χ0v) is 18.3. The van der Waals surface area contributed by atoms with Gasteiger partial charge in [0.25, 0.3) is 0 Å². The highest BCUT2D eigenvalue weighted by Crippen LogP contribution is 2.21. The molecule has 3 rings (SSSR count). The summed E-state index contributed by atoms with van der Waals surface area (Å²) in [6.07, 6.45) is 3.16. The van der Waals surface area contributed by atoms with Gasteiger partial charge in [0.05, 0.1) is 11.5 Å². The second-order valence-electron chi connectivity index (χ2n) is 7.54. The molecule has 1 fully saturated rings. The Morgan fingerprint density at radius 3 is 2.37 bits per heavy atom. The van der Waals surface area contributed by atoms with E-state index < -0.39 is 15.9 Å². The van der Waals surface area contributed by atoms with Crippen molar-refractivity contribution in [2.24, 2.45) is 0 Å². The molecule has 1 N–H and O–H groups in total. The molecule has 0 bridgehead atoms. The van der Waals surface area contributed by atoms with Crippen LogP contribution in [0.25, 0.3) is 11.8 Å². The van der Waals surface area contributed by atoms with Crippen LogP contribution in [0.15, 0.2) is 42.5 Å². The minimum absolute atomic E-state index is 0.0314. The van der Waals surface area contributed by atoms with E-state index in [4.69, 9.17) is 0 Å². The topological polar surface area (TPSA) is 88.5 Å². The summed E-state index contributed by atoms with van der Waals surface area (Å²) in [7, 11) is -3.06. The van der Waals surface area contributed by atoms with E-state index in [1.165, 1.54) is 11.0 Å². The zero-order chi connectivity index (χ0) is 21.9. The Kier molecular flexibility index (Phi) is 6.45. The van der Waals surface area contributed by atoms with Crippen LogP contribution in [0.1, 0.15) is 23.9 Å². The van der Waals surface area contributed by atoms with Gasteiger partial charge in [-0.3, -0.25) is 9.59 Å². The Bertz CT molecular complexity index is 1060. The fraction of sp³-hybridized carbons (Fsp3) is 0.364. The maximum absolute atomic E-state index is 12.5. The Labute approximate surface area is 177 Å². The van der Waals surface area contributed by atoms with Crippen LogP contribution in [0.2, 0.25) is 0 Å². The molecule has 0 radical (unpaired) electrons. The van der Waals surface area contributed by atoms with Crippen molar-refractivity contribution < 1.29 is 18.0 Å². The highest BCUT2D eigenvalue weighted by molar-refractivity contribution is 7.91. The molecule has 7 nitrogen and oxygen atoms in total. The van der Waals surface area contributed by atoms with Gasteiger partial charge in [0.1, 0.15) is 6.04 Å². The first-order valence-electron chi connectivity index (χ1n) is 9.90. The number of para-hydroxylation sites is 1. The van der Waals surface area contributed by atoms with E-state index in [1.54, 1.807) is 13.0 Å². The number of sulfone groups is 1. The fourth-order valence-electron chi connectivity index (χ4n) is 3.63. The molecule has 1 atom stereocenters. The van der Waals surface area contributed by atoms with E-state index in [-0.39, 0.29) is 36.4 Å². The van der Waals surface area contributed by atoms with E-state index in [2.05, 4.69) is 9.88 Å². The van der Waals surface area contributed by atoms with Gasteiger partial charge in [0.2, 0.25) is 11.8 Å². The highest BCUT2D eigenvalue weighted by atomic mass is 32.2. The summed E-state index contributed by atoms with van der Waals surface area (Å²) in [6, 6.07) is 11.3. The highest BCUT2D eigenvalue weighted by Gasteiger charge is 2.28. The van der Waals surface area contributed by atoms with Gasteiger partial charge in [0, 0.05) is 36.2 Å². The average Bonchev–Trinajstić information content (AvgIpc) is 2.99. The lowest BCUT2D eigenvalue weighted by Crippen LogP contribution is -2.51. The second-order valence-corrected chi connectivity index (χ2v) is 9.84. The van der Waals surface area contributed by atoms with Gasteiger partial charge in [-0.25, -0.2) is 8.42 Å². The van der Waals surface area contributed by atoms with Gasteiger partial charge in [-0.1, -0.05) is 18.2 Å². The van der Waals surface area contributed by atoms with Crippen LogP contribution in [0.4, 0.5) is 0 Å². The number of nitrogens with zero attached hydrogens (tertiary/aromatic N) is 2. The molecule has 0 saturated carbocycles. The number of hydrogen-bond donors (Lipinski definition) is 1. The van der Waals surface area contributed by atoms with Gasteiger partial charge in [-0.2, -0.15) is 0 Å². The predicted octanol–water partition coefficient (Wildman–Crippen LogP) is 1.87. The van der Waals surface area contributed by atoms with E-state index in [9.17, 15) is 18.0 Å². The van der Waals surface area contributed by atoms with Crippen molar-refractivity contribution in [1.82, 2.24) is 14.8 Å². The van der Waals surface area contributed by atoms with Crippen molar-refractivity contribution in [2.45, 2.75) is 26.8 Å². The SMILES string of the molecule is Cc1cc(C=CC(=O)NC(C)C(=O)N2CCS(=O)(=O)CC2)c(C)n1-c1ccccc1. The summed E-state index contributed by atoms with van der Waals surface area (Å²) in [6.45, 7) is 5.95. The largest absolute Gasteiger partial charge is 0.341 e. The van der Waals surface area contributed by atoms with Crippen LogP contribution in [0.5, 0.6) is 0 Å². The molecule has 2 aromatic rings.